The quantitative estimate of drug-likeness (QED) is 0.224. The van der Waals surface area contributed by atoms with Crippen molar-refractivity contribution in [1.29, 1.82) is 0 Å². The Morgan fingerprint density at radius 1 is 1.33 bits per heavy atom. The van der Waals surface area contributed by atoms with E-state index in [1.165, 1.54) is 6.66 Å². The molecule has 9 nitrogen and oxygen atoms in total. The van der Waals surface area contributed by atoms with Crippen LogP contribution in [0.2, 0.25) is 5.02 Å². The lowest BCUT2D eigenvalue weighted by atomic mass is 10.1. The molecule has 0 saturated heterocycles. The highest BCUT2D eigenvalue weighted by molar-refractivity contribution is 9.10. The van der Waals surface area contributed by atoms with Gasteiger partial charge in [-0.3, -0.25) is 14.0 Å². The summed E-state index contributed by atoms with van der Waals surface area (Å²) in [5, 5.41) is 11.8. The first-order valence-corrected chi connectivity index (χ1v) is 13.5. The van der Waals surface area contributed by atoms with Crippen molar-refractivity contribution in [2.24, 2.45) is 12.8 Å². The van der Waals surface area contributed by atoms with Gasteiger partial charge in [-0.25, -0.2) is 9.18 Å². The molecule has 0 aliphatic heterocycles. The summed E-state index contributed by atoms with van der Waals surface area (Å²) < 4.78 is 69.3. The van der Waals surface area contributed by atoms with E-state index in [1.807, 2.05) is 0 Å². The van der Waals surface area contributed by atoms with Gasteiger partial charge in [0.15, 0.2) is 13.1 Å². The Balaban J connectivity index is 0.000000497. The van der Waals surface area contributed by atoms with Crippen LogP contribution in [0.5, 0.6) is 0 Å². The van der Waals surface area contributed by atoms with Crippen molar-refractivity contribution in [3.63, 3.8) is 0 Å². The van der Waals surface area contributed by atoms with Crippen molar-refractivity contribution < 1.29 is 46.5 Å². The number of halogens is 6. The number of alkyl halides is 3. The van der Waals surface area contributed by atoms with Gasteiger partial charge in [0.2, 0.25) is 0 Å². The number of aliphatic carboxylic acids is 1. The molecule has 0 bridgehead atoms. The number of esters is 1. The van der Waals surface area contributed by atoms with Crippen molar-refractivity contribution in [1.82, 2.24) is 9.78 Å². The van der Waals surface area contributed by atoms with Crippen molar-refractivity contribution in [3.8, 4) is 11.3 Å². The lowest BCUT2D eigenvalue weighted by molar-refractivity contribution is -0.144. The molecule has 2 rings (SSSR count). The number of carboxylic acid groups (broad SMARTS) is 1. The maximum Gasteiger partial charge on any atom is 0.434 e. The number of carbonyl (C=O) groups excluding carboxylic acids is 1. The van der Waals surface area contributed by atoms with Crippen molar-refractivity contribution >= 4 is 46.8 Å². The van der Waals surface area contributed by atoms with Gasteiger partial charge in [0.05, 0.1) is 21.2 Å². The molecule has 0 aliphatic rings. The predicted molar refractivity (Wildman–Crippen MR) is 128 cm³/mol. The normalized spacial score (nSPS) is 14.0. The Kier molecular flexibility index (Phi) is 11.1. The molecular weight excluding hydrogens is 601 g/mol. The van der Waals surface area contributed by atoms with Crippen LogP contribution in [0.15, 0.2) is 16.6 Å². The van der Waals surface area contributed by atoms with Gasteiger partial charge < -0.3 is 20.5 Å². The van der Waals surface area contributed by atoms with Gasteiger partial charge in [0.25, 0.3) is 0 Å². The Bertz CT molecular complexity index is 1170. The minimum atomic E-state index is -4.69. The predicted octanol–water partition coefficient (Wildman–Crippen LogP) is 4.91. The second-order valence-corrected chi connectivity index (χ2v) is 11.7. The average molecular weight is 625 g/mol. The summed E-state index contributed by atoms with van der Waals surface area (Å²) >= 11 is 8.67. The van der Waals surface area contributed by atoms with Crippen molar-refractivity contribution in [2.75, 3.05) is 12.8 Å². The Morgan fingerprint density at radius 2 is 1.89 bits per heavy atom. The van der Waals surface area contributed by atoms with E-state index in [1.54, 1.807) is 13.8 Å². The summed E-state index contributed by atoms with van der Waals surface area (Å²) in [5.41, 5.74) is 3.23. The van der Waals surface area contributed by atoms with Gasteiger partial charge in [0.1, 0.15) is 17.6 Å². The molecule has 2 atom stereocenters. The summed E-state index contributed by atoms with van der Waals surface area (Å²) in [4.78, 5) is 30.9. The number of hydrogen-bond acceptors (Lipinski definition) is 6. The fourth-order valence-electron chi connectivity index (χ4n) is 2.64. The number of benzene rings is 1. The lowest BCUT2D eigenvalue weighted by Gasteiger charge is -2.11. The summed E-state index contributed by atoms with van der Waals surface area (Å²) in [7, 11) is -2.02. The molecule has 1 aromatic carbocycles. The highest BCUT2D eigenvalue weighted by Gasteiger charge is 2.39. The summed E-state index contributed by atoms with van der Waals surface area (Å²) in [6.07, 6.45) is -5.14. The Hall–Kier alpha value is -1.99. The number of ether oxygens (including phenoxy) is 1. The number of carboxylic acids is 1. The van der Waals surface area contributed by atoms with Gasteiger partial charge in [-0.1, -0.05) is 11.6 Å². The van der Waals surface area contributed by atoms with E-state index in [0.29, 0.717) is 4.68 Å². The fraction of sp³-hybridized carbons (Fsp3) is 0.450. The fourth-order valence-corrected chi connectivity index (χ4v) is 4.40. The standard InChI is InChI=1S/C15H12BrClF4N2O2.C5H12NO4P/c1-6(2)25-14(24)7-4-8(10(18)5-9(7)17)12-11(16)13(15(19,20)21)23(3)22-12;1-11(9,10)3-2-4(6)5(7)8/h4-6H,1-3H3;4H,2-3,6H2,1H3,(H,7,8)(H,9,10). The van der Waals surface area contributed by atoms with E-state index < -0.39 is 53.6 Å². The van der Waals surface area contributed by atoms with E-state index >= 15 is 0 Å². The van der Waals surface area contributed by atoms with E-state index in [9.17, 15) is 31.7 Å². The van der Waals surface area contributed by atoms with E-state index in [4.69, 9.17) is 32.1 Å². The summed E-state index contributed by atoms with van der Waals surface area (Å²) in [6.45, 7) is 4.41. The molecule has 4 N–H and O–H groups in total. The van der Waals surface area contributed by atoms with Crippen LogP contribution in [-0.4, -0.2) is 56.7 Å². The smallest absolute Gasteiger partial charge is 0.434 e. The third-order valence-electron chi connectivity index (χ3n) is 4.30. The summed E-state index contributed by atoms with van der Waals surface area (Å²) in [6, 6.07) is 0.827. The second-order valence-electron chi connectivity index (χ2n) is 7.91. The van der Waals surface area contributed by atoms with Gasteiger partial charge in [-0.05, 0) is 48.3 Å². The Labute approximate surface area is 217 Å². The molecule has 0 aliphatic carbocycles. The third kappa shape index (κ3) is 9.15. The number of aryl methyl sites for hydroxylation is 1. The zero-order chi connectivity index (χ0) is 28.2. The molecule has 2 aromatic rings. The molecule has 1 heterocycles. The van der Waals surface area contributed by atoms with Crippen molar-refractivity contribution in [3.05, 3.63) is 38.7 Å². The molecule has 1 aromatic heterocycles. The van der Waals surface area contributed by atoms with Crippen molar-refractivity contribution in [2.45, 2.75) is 38.6 Å². The molecule has 0 saturated carbocycles. The molecule has 0 amide bonds. The number of carbonyl (C=O) groups is 2. The largest absolute Gasteiger partial charge is 0.480 e. The molecule has 0 fully saturated rings. The maximum atomic E-state index is 14.3. The molecule has 36 heavy (non-hydrogen) atoms. The zero-order valence-electron chi connectivity index (χ0n) is 19.4. The molecule has 202 valence electrons. The van der Waals surface area contributed by atoms with Crippen LogP contribution >= 0.6 is 34.9 Å². The van der Waals surface area contributed by atoms with E-state index in [0.717, 1.165) is 19.2 Å². The van der Waals surface area contributed by atoms with Crippen LogP contribution in [0, 0.1) is 5.82 Å². The minimum absolute atomic E-state index is 0.0412. The highest BCUT2D eigenvalue weighted by atomic mass is 79.9. The number of nitrogens with zero attached hydrogens (tertiary/aromatic N) is 2. The molecular formula is C20H24BrClF4N3O6P. The SMILES string of the molecule is CC(C)OC(=O)c1cc(-c2nn(C)c(C(F)(F)F)c2Br)c(F)cc1Cl.CP(=O)(O)CCC(N)C(=O)O. The monoisotopic (exact) mass is 623 g/mol. The third-order valence-corrected chi connectivity index (χ3v) is 6.46. The van der Waals surface area contributed by atoms with Crippen LogP contribution in [0.25, 0.3) is 11.3 Å². The highest BCUT2D eigenvalue weighted by Crippen LogP contribution is 2.41. The zero-order valence-corrected chi connectivity index (χ0v) is 22.7. The average Bonchev–Trinajstić information content (AvgIpc) is 2.99. The van der Waals surface area contributed by atoms with Crippen LogP contribution in [0.1, 0.15) is 36.3 Å². The van der Waals surface area contributed by atoms with Crippen LogP contribution in [0.4, 0.5) is 17.6 Å². The minimum Gasteiger partial charge on any atom is -0.480 e. The number of nitrogens with two attached hydrogens (primary N) is 1. The van der Waals surface area contributed by atoms with Crippen LogP contribution in [0.3, 0.4) is 0 Å². The van der Waals surface area contributed by atoms with E-state index in [-0.39, 0.29) is 34.4 Å². The number of rotatable bonds is 7. The summed E-state index contributed by atoms with van der Waals surface area (Å²) in [5.74, 6) is -2.87. The number of hydrogen-bond donors (Lipinski definition) is 3. The van der Waals surface area contributed by atoms with Gasteiger partial charge in [-0.15, -0.1) is 0 Å². The first kappa shape index (κ1) is 32.0. The molecule has 0 spiro atoms. The lowest BCUT2D eigenvalue weighted by Crippen LogP contribution is -2.30. The van der Waals surface area contributed by atoms with E-state index in [2.05, 4.69) is 21.0 Å². The topological polar surface area (TPSA) is 145 Å². The first-order valence-electron chi connectivity index (χ1n) is 10.0. The molecule has 2 unspecified atom stereocenters. The molecule has 16 heteroatoms. The van der Waals surface area contributed by atoms with Gasteiger partial charge in [-0.2, -0.15) is 18.3 Å². The first-order chi connectivity index (χ1) is 16.3. The Morgan fingerprint density at radius 3 is 2.31 bits per heavy atom. The van der Waals surface area contributed by atoms with Crippen LogP contribution in [-0.2, 0) is 27.3 Å². The molecule has 0 radical (unpaired) electrons. The van der Waals surface area contributed by atoms with Gasteiger partial charge in [0, 0.05) is 25.4 Å². The number of aromatic nitrogens is 2. The van der Waals surface area contributed by atoms with Crippen LogP contribution < -0.4 is 5.73 Å². The second kappa shape index (κ2) is 12.5. The maximum absolute atomic E-state index is 14.3. The van der Waals surface area contributed by atoms with Gasteiger partial charge >= 0.3 is 18.1 Å².